The summed E-state index contributed by atoms with van der Waals surface area (Å²) in [5.41, 5.74) is -1.63. The summed E-state index contributed by atoms with van der Waals surface area (Å²) in [5.74, 6) is -5.35. The Morgan fingerprint density at radius 2 is 1.90 bits per heavy atom. The Morgan fingerprint density at radius 3 is 2.48 bits per heavy atom. The third-order valence-electron chi connectivity index (χ3n) is 6.64. The number of thiazole rings is 1. The summed E-state index contributed by atoms with van der Waals surface area (Å²) >= 11 is 0.590. The van der Waals surface area contributed by atoms with Gasteiger partial charge in [0.25, 0.3) is 24.2 Å². The van der Waals surface area contributed by atoms with Crippen LogP contribution >= 0.6 is 11.3 Å². The summed E-state index contributed by atoms with van der Waals surface area (Å²) in [7, 11) is 0. The minimum absolute atomic E-state index is 0.234. The van der Waals surface area contributed by atoms with Crippen LogP contribution in [0.1, 0.15) is 65.4 Å². The van der Waals surface area contributed by atoms with Gasteiger partial charge in [-0.25, -0.2) is 27.5 Å². The minimum atomic E-state index is -4.68. The highest BCUT2D eigenvalue weighted by Gasteiger charge is 2.46. The van der Waals surface area contributed by atoms with Crippen LogP contribution in [0.4, 0.5) is 36.6 Å². The first kappa shape index (κ1) is 30.0. The van der Waals surface area contributed by atoms with E-state index in [0.717, 1.165) is 18.0 Å². The van der Waals surface area contributed by atoms with Gasteiger partial charge < -0.3 is 20.3 Å². The van der Waals surface area contributed by atoms with Crippen molar-refractivity contribution in [3.63, 3.8) is 0 Å². The van der Waals surface area contributed by atoms with E-state index in [0.29, 0.717) is 43.5 Å². The molecular weight excluding hydrogens is 571 g/mol. The number of likely N-dealkylation sites (tertiary alicyclic amines) is 1. The van der Waals surface area contributed by atoms with Gasteiger partial charge in [-0.05, 0) is 32.8 Å². The minimum Gasteiger partial charge on any atom is -0.381 e. The van der Waals surface area contributed by atoms with E-state index in [9.17, 15) is 40.3 Å². The molecule has 1 unspecified atom stereocenters. The fraction of sp³-hybridized carbons (Fsp3) is 0.583. The van der Waals surface area contributed by atoms with Gasteiger partial charge >= 0.3 is 6.18 Å². The Kier molecular flexibility index (Phi) is 8.59. The Balaban J connectivity index is 1.75. The van der Waals surface area contributed by atoms with E-state index in [1.165, 1.54) is 6.92 Å². The normalized spacial score (nSPS) is 20.6. The van der Waals surface area contributed by atoms with E-state index in [1.807, 2.05) is 5.32 Å². The van der Waals surface area contributed by atoms with E-state index in [4.69, 9.17) is 4.74 Å². The number of ether oxygens (including phenoxy) is 1. The van der Waals surface area contributed by atoms with E-state index >= 15 is 0 Å². The molecule has 2 saturated heterocycles. The maximum atomic E-state index is 14.2. The van der Waals surface area contributed by atoms with Crippen molar-refractivity contribution in [2.45, 2.75) is 69.8 Å². The van der Waals surface area contributed by atoms with Crippen LogP contribution in [0.5, 0.6) is 0 Å². The average Bonchev–Trinajstić information content (AvgIpc) is 3.43. The molecule has 2 atom stereocenters. The Labute approximate surface area is 228 Å². The number of nitrogens with one attached hydrogen (secondary N) is 2. The fourth-order valence-electron chi connectivity index (χ4n) is 4.48. The first-order chi connectivity index (χ1) is 18.7. The summed E-state index contributed by atoms with van der Waals surface area (Å²) < 4.78 is 101. The maximum Gasteiger partial charge on any atom is 0.408 e. The molecule has 220 valence electrons. The molecule has 40 heavy (non-hydrogen) atoms. The van der Waals surface area contributed by atoms with E-state index < -0.39 is 72.5 Å². The predicted octanol–water partition coefficient (Wildman–Crippen LogP) is 5.28. The number of amides is 2. The molecule has 2 aromatic heterocycles. The first-order valence-corrected chi connectivity index (χ1v) is 13.2. The van der Waals surface area contributed by atoms with Crippen molar-refractivity contribution in [2.75, 3.05) is 25.1 Å². The molecule has 8 nitrogen and oxygen atoms in total. The Hall–Kier alpha value is -3.01. The Bertz CT molecular complexity index is 1250. The van der Waals surface area contributed by atoms with Crippen molar-refractivity contribution in [1.29, 1.82) is 0 Å². The highest BCUT2D eigenvalue weighted by atomic mass is 32.1. The highest BCUT2D eigenvalue weighted by Crippen LogP contribution is 2.40. The number of carbonyl (C=O) groups is 2. The Morgan fingerprint density at radius 1 is 1.23 bits per heavy atom. The average molecular weight is 598 g/mol. The maximum absolute atomic E-state index is 14.2. The third kappa shape index (κ3) is 6.65. The number of aromatic nitrogens is 2. The van der Waals surface area contributed by atoms with Gasteiger partial charge in [0.1, 0.15) is 17.6 Å². The van der Waals surface area contributed by atoms with E-state index in [-0.39, 0.29) is 21.5 Å². The van der Waals surface area contributed by atoms with Crippen LogP contribution in [0, 0.1) is 0 Å². The second kappa shape index (κ2) is 11.5. The summed E-state index contributed by atoms with van der Waals surface area (Å²) in [5, 5.41) is 4.48. The van der Waals surface area contributed by atoms with Gasteiger partial charge in [0.2, 0.25) is 0 Å². The van der Waals surface area contributed by atoms with Crippen LogP contribution in [-0.4, -0.2) is 76.7 Å². The molecule has 0 aliphatic carbocycles. The summed E-state index contributed by atoms with van der Waals surface area (Å²) in [4.78, 5) is 34.9. The molecule has 0 spiro atoms. The second-order valence-corrected chi connectivity index (χ2v) is 10.8. The lowest BCUT2D eigenvalue weighted by molar-refractivity contribution is -0.138. The highest BCUT2D eigenvalue weighted by molar-refractivity contribution is 7.17. The number of pyridine rings is 1. The topological polar surface area (TPSA) is 96.4 Å². The lowest BCUT2D eigenvalue weighted by Gasteiger charge is -2.22. The monoisotopic (exact) mass is 597 g/mol. The molecular formula is C24H26F7N5O3S. The molecule has 0 saturated carbocycles. The van der Waals surface area contributed by atoms with Gasteiger partial charge in [-0.2, -0.15) is 13.2 Å². The van der Waals surface area contributed by atoms with Crippen LogP contribution in [-0.2, 0) is 4.74 Å². The van der Waals surface area contributed by atoms with Gasteiger partial charge in [0.05, 0.1) is 11.4 Å². The number of carbonyl (C=O) groups excluding carboxylic acids is 2. The van der Waals surface area contributed by atoms with E-state index in [1.54, 1.807) is 0 Å². The number of alkyl halides is 7. The van der Waals surface area contributed by atoms with Crippen LogP contribution < -0.4 is 10.6 Å². The summed E-state index contributed by atoms with van der Waals surface area (Å²) in [6, 6.07) is -2.55. The zero-order valence-corrected chi connectivity index (χ0v) is 22.1. The summed E-state index contributed by atoms with van der Waals surface area (Å²) in [6.07, 6.45) is -6.64. The zero-order valence-electron chi connectivity index (χ0n) is 21.3. The lowest BCUT2D eigenvalue weighted by atomic mass is 10.1. The van der Waals surface area contributed by atoms with Crippen molar-refractivity contribution in [1.82, 2.24) is 20.2 Å². The molecule has 2 N–H and O–H groups in total. The quantitative estimate of drug-likeness (QED) is 0.422. The van der Waals surface area contributed by atoms with Crippen LogP contribution in [0.2, 0.25) is 0 Å². The van der Waals surface area contributed by atoms with Gasteiger partial charge in [-0.1, -0.05) is 0 Å². The molecule has 0 aromatic carbocycles. The molecule has 4 rings (SSSR count). The zero-order chi connectivity index (χ0) is 29.4. The molecule has 16 heteroatoms. The number of anilines is 1. The van der Waals surface area contributed by atoms with Crippen molar-refractivity contribution < 1.29 is 45.1 Å². The third-order valence-corrected chi connectivity index (χ3v) is 7.73. The number of hydrogen-bond acceptors (Lipinski definition) is 7. The summed E-state index contributed by atoms with van der Waals surface area (Å²) in [6.45, 7) is 2.09. The number of rotatable bonds is 7. The molecule has 0 bridgehead atoms. The molecule has 2 aliphatic heterocycles. The lowest BCUT2D eigenvalue weighted by Crippen LogP contribution is -2.39. The van der Waals surface area contributed by atoms with Crippen LogP contribution in [0.25, 0.3) is 10.4 Å². The van der Waals surface area contributed by atoms with Crippen LogP contribution in [0.15, 0.2) is 12.3 Å². The number of nitrogens with zero attached hydrogens (tertiary/aromatic N) is 3. The molecule has 0 radical (unpaired) electrons. The number of halogens is 7. The standard InChI is InChI=1S/C24H26F7N5O3S/c1-11-8-23(27,28)10-36(11)22(38)17-18(40-21(35-17)20(37)34-13-3-5-39-6-4-13)15-9-32-16(7-14(15)19(25)26)33-12(2)24(29,30)31/h7,9,11-13,19H,3-6,8,10H2,1-2H3,(H,32,33)(H,34,37)/t11-,12?/m0/s1. The molecule has 2 aliphatic rings. The predicted molar refractivity (Wildman–Crippen MR) is 131 cm³/mol. The second-order valence-electron chi connectivity index (χ2n) is 9.76. The van der Waals surface area contributed by atoms with Gasteiger partial charge in [-0.3, -0.25) is 9.59 Å². The van der Waals surface area contributed by atoms with Gasteiger partial charge in [-0.15, -0.1) is 11.3 Å². The van der Waals surface area contributed by atoms with Gasteiger partial charge in [0.15, 0.2) is 5.01 Å². The largest absolute Gasteiger partial charge is 0.408 e. The van der Waals surface area contributed by atoms with Crippen LogP contribution in [0.3, 0.4) is 0 Å². The van der Waals surface area contributed by atoms with E-state index in [2.05, 4.69) is 15.3 Å². The van der Waals surface area contributed by atoms with Crippen molar-refractivity contribution in [2.24, 2.45) is 0 Å². The van der Waals surface area contributed by atoms with Crippen molar-refractivity contribution in [3.05, 3.63) is 28.5 Å². The SMILES string of the molecule is CC(Nc1cc(C(F)F)c(-c2sc(C(=O)NC3CCOCC3)nc2C(=O)N2CC(F)(F)C[C@@H]2C)cn1)C(F)(F)F. The fourth-order valence-corrected chi connectivity index (χ4v) is 5.47. The molecule has 2 amide bonds. The first-order valence-electron chi connectivity index (χ1n) is 12.4. The van der Waals surface area contributed by atoms with Gasteiger partial charge in [0, 0.05) is 49.0 Å². The molecule has 4 heterocycles. The molecule has 2 fully saturated rings. The van der Waals surface area contributed by atoms with Crippen molar-refractivity contribution >= 4 is 29.0 Å². The smallest absolute Gasteiger partial charge is 0.381 e. The number of hydrogen-bond donors (Lipinski definition) is 2. The van der Waals surface area contributed by atoms with Crippen molar-refractivity contribution in [3.8, 4) is 10.4 Å². The molecule has 2 aromatic rings.